The van der Waals surface area contributed by atoms with Gasteiger partial charge in [0.05, 0.1) is 12.6 Å². The van der Waals surface area contributed by atoms with Crippen molar-refractivity contribution in [3.05, 3.63) is 35.9 Å². The maximum Gasteiger partial charge on any atom is 0.0657 e. The van der Waals surface area contributed by atoms with E-state index in [1.165, 1.54) is 5.56 Å². The average Bonchev–Trinajstić information content (AvgIpc) is 2.29. The zero-order valence-electron chi connectivity index (χ0n) is 10.7. The smallest absolute Gasteiger partial charge is 0.0657 e. The lowest BCUT2D eigenvalue weighted by Gasteiger charge is -2.25. The molecule has 2 heteroatoms. The molecule has 0 radical (unpaired) electrons. The normalized spacial score (nSPS) is 15.1. The van der Waals surface area contributed by atoms with Gasteiger partial charge >= 0.3 is 0 Å². The molecule has 2 atom stereocenters. The molecule has 1 rings (SSSR count). The van der Waals surface area contributed by atoms with Crippen molar-refractivity contribution in [2.45, 2.75) is 32.9 Å². The first-order chi connectivity index (χ1) is 7.65. The minimum atomic E-state index is 0.281. The largest absolute Gasteiger partial charge is 0.383 e. The maximum atomic E-state index is 5.28. The highest BCUT2D eigenvalue weighted by atomic mass is 16.5. The first kappa shape index (κ1) is 13.2. The van der Waals surface area contributed by atoms with Crippen LogP contribution in [0.4, 0.5) is 0 Å². The predicted molar refractivity (Wildman–Crippen MR) is 68.5 cm³/mol. The van der Waals surface area contributed by atoms with Gasteiger partial charge in [-0.3, -0.25) is 0 Å². The van der Waals surface area contributed by atoms with Crippen LogP contribution in [0.25, 0.3) is 0 Å². The van der Waals surface area contributed by atoms with Crippen molar-refractivity contribution in [2.24, 2.45) is 5.92 Å². The Labute approximate surface area is 99.0 Å². The lowest BCUT2D eigenvalue weighted by Crippen LogP contribution is -2.36. The van der Waals surface area contributed by atoms with Gasteiger partial charge in [0.15, 0.2) is 0 Å². The number of ether oxygens (including phenoxy) is 1. The summed E-state index contributed by atoms with van der Waals surface area (Å²) in [5.74, 6) is 0.628. The minimum absolute atomic E-state index is 0.281. The molecule has 90 valence electrons. The molecule has 1 aromatic carbocycles. The van der Waals surface area contributed by atoms with Gasteiger partial charge in [-0.1, -0.05) is 44.2 Å². The molecule has 0 fully saturated rings. The first-order valence-corrected chi connectivity index (χ1v) is 5.95. The van der Waals surface area contributed by atoms with E-state index < -0.39 is 0 Å². The SMILES string of the molecule is COCC(NC(C)C(C)C)c1ccccc1. The molecule has 16 heavy (non-hydrogen) atoms. The van der Waals surface area contributed by atoms with Gasteiger partial charge in [-0.15, -0.1) is 0 Å². The van der Waals surface area contributed by atoms with E-state index in [4.69, 9.17) is 4.74 Å². The highest BCUT2D eigenvalue weighted by Gasteiger charge is 2.15. The molecule has 0 amide bonds. The van der Waals surface area contributed by atoms with Crippen molar-refractivity contribution >= 4 is 0 Å². The molecule has 0 bridgehead atoms. The van der Waals surface area contributed by atoms with E-state index in [0.29, 0.717) is 18.6 Å². The topological polar surface area (TPSA) is 21.3 Å². The highest BCUT2D eigenvalue weighted by molar-refractivity contribution is 5.19. The van der Waals surface area contributed by atoms with Crippen LogP contribution in [-0.2, 0) is 4.74 Å². The second-order valence-electron chi connectivity index (χ2n) is 4.62. The van der Waals surface area contributed by atoms with Crippen LogP contribution in [0.3, 0.4) is 0 Å². The van der Waals surface area contributed by atoms with Crippen LogP contribution >= 0.6 is 0 Å². The van der Waals surface area contributed by atoms with Crippen LogP contribution in [0.2, 0.25) is 0 Å². The van der Waals surface area contributed by atoms with Crippen molar-refractivity contribution in [3.63, 3.8) is 0 Å². The summed E-state index contributed by atoms with van der Waals surface area (Å²) in [7, 11) is 1.75. The van der Waals surface area contributed by atoms with Crippen molar-refractivity contribution < 1.29 is 4.74 Å². The Kier molecular flexibility index (Phi) is 5.50. The molecular formula is C14H23NO. The van der Waals surface area contributed by atoms with E-state index in [-0.39, 0.29) is 6.04 Å². The Morgan fingerprint density at radius 2 is 1.75 bits per heavy atom. The summed E-state index contributed by atoms with van der Waals surface area (Å²) in [6.07, 6.45) is 0. The standard InChI is InChI=1S/C14H23NO/c1-11(2)12(3)15-14(10-16-4)13-8-6-5-7-9-13/h5-9,11-12,14-15H,10H2,1-4H3. The second-order valence-corrected chi connectivity index (χ2v) is 4.62. The summed E-state index contributed by atoms with van der Waals surface area (Å²) in [4.78, 5) is 0. The van der Waals surface area contributed by atoms with Gasteiger partial charge in [-0.2, -0.15) is 0 Å². The van der Waals surface area contributed by atoms with Crippen LogP contribution in [-0.4, -0.2) is 19.8 Å². The molecule has 2 unspecified atom stereocenters. The Morgan fingerprint density at radius 1 is 1.12 bits per heavy atom. The molecule has 0 aliphatic rings. The molecule has 1 N–H and O–H groups in total. The monoisotopic (exact) mass is 221 g/mol. The third-order valence-corrected chi connectivity index (χ3v) is 3.00. The fourth-order valence-corrected chi connectivity index (χ4v) is 1.60. The van der Waals surface area contributed by atoms with Gasteiger partial charge in [0, 0.05) is 13.2 Å². The minimum Gasteiger partial charge on any atom is -0.383 e. The van der Waals surface area contributed by atoms with E-state index in [2.05, 4.69) is 50.4 Å². The fourth-order valence-electron chi connectivity index (χ4n) is 1.60. The molecule has 2 nitrogen and oxygen atoms in total. The molecule has 0 heterocycles. The number of rotatable bonds is 6. The predicted octanol–water partition coefficient (Wildman–Crippen LogP) is 3.01. The number of benzene rings is 1. The second kappa shape index (κ2) is 6.66. The van der Waals surface area contributed by atoms with Gasteiger partial charge in [-0.25, -0.2) is 0 Å². The van der Waals surface area contributed by atoms with Gasteiger partial charge in [0.2, 0.25) is 0 Å². The van der Waals surface area contributed by atoms with Gasteiger partial charge < -0.3 is 10.1 Å². The quantitative estimate of drug-likeness (QED) is 0.797. The third kappa shape index (κ3) is 3.95. The maximum absolute atomic E-state index is 5.28. The summed E-state index contributed by atoms with van der Waals surface area (Å²) in [5.41, 5.74) is 1.29. The average molecular weight is 221 g/mol. The summed E-state index contributed by atoms with van der Waals surface area (Å²) >= 11 is 0. The number of hydrogen-bond donors (Lipinski definition) is 1. The number of nitrogens with one attached hydrogen (secondary N) is 1. The van der Waals surface area contributed by atoms with Crippen molar-refractivity contribution in [2.75, 3.05) is 13.7 Å². The number of methoxy groups -OCH3 is 1. The van der Waals surface area contributed by atoms with E-state index in [9.17, 15) is 0 Å². The van der Waals surface area contributed by atoms with Crippen LogP contribution < -0.4 is 5.32 Å². The molecule has 0 saturated heterocycles. The van der Waals surface area contributed by atoms with E-state index >= 15 is 0 Å². The van der Waals surface area contributed by atoms with Crippen LogP contribution in [0.5, 0.6) is 0 Å². The summed E-state index contributed by atoms with van der Waals surface area (Å²) < 4.78 is 5.28. The zero-order chi connectivity index (χ0) is 12.0. The molecule has 0 aliphatic carbocycles. The van der Waals surface area contributed by atoms with E-state index in [1.54, 1.807) is 7.11 Å². The molecular weight excluding hydrogens is 198 g/mol. The van der Waals surface area contributed by atoms with Gasteiger partial charge in [0.25, 0.3) is 0 Å². The Balaban J connectivity index is 2.68. The van der Waals surface area contributed by atoms with E-state index in [1.807, 2.05) is 6.07 Å². The molecule has 0 aromatic heterocycles. The fraction of sp³-hybridized carbons (Fsp3) is 0.571. The van der Waals surface area contributed by atoms with Crippen molar-refractivity contribution in [1.82, 2.24) is 5.32 Å². The Morgan fingerprint density at radius 3 is 2.25 bits per heavy atom. The Hall–Kier alpha value is -0.860. The molecule has 1 aromatic rings. The molecule has 0 spiro atoms. The third-order valence-electron chi connectivity index (χ3n) is 3.00. The van der Waals surface area contributed by atoms with Crippen molar-refractivity contribution in [1.29, 1.82) is 0 Å². The zero-order valence-corrected chi connectivity index (χ0v) is 10.7. The Bertz CT molecular complexity index is 284. The van der Waals surface area contributed by atoms with Crippen LogP contribution in [0, 0.1) is 5.92 Å². The highest BCUT2D eigenvalue weighted by Crippen LogP contribution is 2.15. The summed E-state index contributed by atoms with van der Waals surface area (Å²) in [6, 6.07) is 11.2. The van der Waals surface area contributed by atoms with Gasteiger partial charge in [0.1, 0.15) is 0 Å². The number of hydrogen-bond acceptors (Lipinski definition) is 2. The molecule has 0 saturated carbocycles. The van der Waals surface area contributed by atoms with Crippen LogP contribution in [0.15, 0.2) is 30.3 Å². The van der Waals surface area contributed by atoms with Crippen LogP contribution in [0.1, 0.15) is 32.4 Å². The van der Waals surface area contributed by atoms with E-state index in [0.717, 1.165) is 0 Å². The summed E-state index contributed by atoms with van der Waals surface area (Å²) in [5, 5.41) is 3.61. The molecule has 0 aliphatic heterocycles. The lowest BCUT2D eigenvalue weighted by molar-refractivity contribution is 0.157. The van der Waals surface area contributed by atoms with Gasteiger partial charge in [-0.05, 0) is 18.4 Å². The lowest BCUT2D eigenvalue weighted by atomic mass is 10.0. The van der Waals surface area contributed by atoms with Crippen molar-refractivity contribution in [3.8, 4) is 0 Å². The first-order valence-electron chi connectivity index (χ1n) is 5.95. The summed E-state index contributed by atoms with van der Waals surface area (Å²) in [6.45, 7) is 7.39.